The van der Waals surface area contributed by atoms with Crippen molar-refractivity contribution >= 4 is 44.9 Å². The zero-order valence-electron chi connectivity index (χ0n) is 12.6. The lowest BCUT2D eigenvalue weighted by Gasteiger charge is -2.02. The van der Waals surface area contributed by atoms with Gasteiger partial charge in [0.05, 0.1) is 22.5 Å². The lowest BCUT2D eigenvalue weighted by molar-refractivity contribution is 0.649. The maximum absolute atomic E-state index is 6.19. The van der Waals surface area contributed by atoms with Crippen molar-refractivity contribution < 1.29 is 0 Å². The van der Waals surface area contributed by atoms with Gasteiger partial charge in [-0.1, -0.05) is 58.9 Å². The highest BCUT2D eigenvalue weighted by Crippen LogP contribution is 2.30. The second-order valence-electron chi connectivity index (χ2n) is 5.24. The monoisotopic (exact) mass is 372 g/mol. The van der Waals surface area contributed by atoms with Crippen LogP contribution in [0.15, 0.2) is 59.1 Å². The van der Waals surface area contributed by atoms with Crippen LogP contribution in [0.1, 0.15) is 11.3 Å². The molecule has 0 atom stereocenters. The van der Waals surface area contributed by atoms with Gasteiger partial charge in [-0.15, -0.1) is 16.4 Å². The molecule has 0 aliphatic rings. The van der Waals surface area contributed by atoms with E-state index in [9.17, 15) is 0 Å². The average Bonchev–Trinajstić information content (AvgIpc) is 3.21. The number of hydrogen-bond acceptors (Lipinski definition) is 5. The molecule has 120 valence electrons. The van der Waals surface area contributed by atoms with Crippen LogP contribution in [0.2, 0.25) is 5.02 Å². The van der Waals surface area contributed by atoms with E-state index in [1.165, 1.54) is 4.70 Å². The van der Waals surface area contributed by atoms with Crippen LogP contribution >= 0.6 is 34.7 Å². The predicted molar refractivity (Wildman–Crippen MR) is 99.8 cm³/mol. The third-order valence-electron chi connectivity index (χ3n) is 3.49. The van der Waals surface area contributed by atoms with Crippen molar-refractivity contribution in [3.8, 4) is 0 Å². The molecule has 0 bridgehead atoms. The Kier molecular flexibility index (Phi) is 4.51. The van der Waals surface area contributed by atoms with E-state index in [0.29, 0.717) is 6.54 Å². The summed E-state index contributed by atoms with van der Waals surface area (Å²) >= 11 is 9.58. The molecule has 0 saturated heterocycles. The first-order chi connectivity index (χ1) is 11.8. The Morgan fingerprint density at radius 2 is 1.92 bits per heavy atom. The Morgan fingerprint density at radius 3 is 2.79 bits per heavy atom. The van der Waals surface area contributed by atoms with Crippen molar-refractivity contribution in [2.45, 2.75) is 16.6 Å². The molecule has 0 aliphatic heterocycles. The molecular formula is C17H13ClN4S2. The molecule has 0 N–H and O–H groups in total. The molecule has 0 saturated carbocycles. The first kappa shape index (κ1) is 15.6. The molecule has 2 aromatic heterocycles. The van der Waals surface area contributed by atoms with Gasteiger partial charge in [0, 0.05) is 17.0 Å². The summed E-state index contributed by atoms with van der Waals surface area (Å²) in [6, 6.07) is 16.0. The lowest BCUT2D eigenvalue weighted by Crippen LogP contribution is -2.00. The number of thiazole rings is 1. The minimum absolute atomic E-state index is 0.623. The topological polar surface area (TPSA) is 43.6 Å². The molecule has 24 heavy (non-hydrogen) atoms. The Labute approximate surface area is 152 Å². The largest absolute Gasteiger partial charge is 0.248 e. The second kappa shape index (κ2) is 6.93. The van der Waals surface area contributed by atoms with E-state index in [1.807, 2.05) is 53.3 Å². The summed E-state index contributed by atoms with van der Waals surface area (Å²) < 4.78 is 4.08. The first-order valence-electron chi connectivity index (χ1n) is 7.39. The summed E-state index contributed by atoms with van der Waals surface area (Å²) in [7, 11) is 0. The Hall–Kier alpha value is -1.89. The fourth-order valence-electron chi connectivity index (χ4n) is 2.33. The van der Waals surface area contributed by atoms with Gasteiger partial charge in [-0.3, -0.25) is 0 Å². The van der Waals surface area contributed by atoms with Crippen molar-refractivity contribution in [2.24, 2.45) is 0 Å². The van der Waals surface area contributed by atoms with Crippen molar-refractivity contribution in [1.29, 1.82) is 0 Å². The number of thioether (sulfide) groups is 1. The Bertz CT molecular complexity index is 946. The van der Waals surface area contributed by atoms with Gasteiger partial charge in [-0.25, -0.2) is 9.67 Å². The van der Waals surface area contributed by atoms with Crippen LogP contribution < -0.4 is 0 Å². The van der Waals surface area contributed by atoms with E-state index >= 15 is 0 Å². The van der Waals surface area contributed by atoms with Gasteiger partial charge in [0.1, 0.15) is 0 Å². The third kappa shape index (κ3) is 3.45. The average molecular weight is 373 g/mol. The smallest absolute Gasteiger partial charge is 0.151 e. The Morgan fingerprint density at radius 1 is 1.08 bits per heavy atom. The highest BCUT2D eigenvalue weighted by atomic mass is 35.5. The van der Waals surface area contributed by atoms with E-state index in [2.05, 4.69) is 21.4 Å². The van der Waals surface area contributed by atoms with Crippen molar-refractivity contribution in [3.63, 3.8) is 0 Å². The van der Waals surface area contributed by atoms with Crippen LogP contribution in [0.5, 0.6) is 0 Å². The summed E-state index contributed by atoms with van der Waals surface area (Å²) in [4.78, 5) is 4.62. The summed E-state index contributed by atoms with van der Waals surface area (Å²) in [5.41, 5.74) is 3.02. The van der Waals surface area contributed by atoms with Crippen molar-refractivity contribution in [2.75, 3.05) is 0 Å². The molecule has 4 aromatic rings. The van der Waals surface area contributed by atoms with Gasteiger partial charge >= 0.3 is 0 Å². The SMILES string of the molecule is Clc1ccccc1Cn1cc(CSc2nc3ccccc3s2)nn1. The maximum atomic E-state index is 6.19. The molecule has 4 rings (SSSR count). The van der Waals surface area contributed by atoms with Crippen molar-refractivity contribution in [3.05, 3.63) is 71.0 Å². The van der Waals surface area contributed by atoms with Crippen LogP contribution in [0, 0.1) is 0 Å². The minimum atomic E-state index is 0.623. The zero-order chi connectivity index (χ0) is 16.4. The number of nitrogens with zero attached hydrogens (tertiary/aromatic N) is 4. The highest BCUT2D eigenvalue weighted by molar-refractivity contribution is 8.00. The standard InChI is InChI=1S/C17H13ClN4S2/c18-14-6-2-1-5-12(14)9-22-10-13(20-21-22)11-23-17-19-15-7-3-4-8-16(15)24-17/h1-8,10H,9,11H2. The molecule has 4 nitrogen and oxygen atoms in total. The number of rotatable bonds is 5. The molecule has 0 fully saturated rings. The number of hydrogen-bond donors (Lipinski definition) is 0. The molecule has 7 heteroatoms. The molecule has 0 amide bonds. The summed E-state index contributed by atoms with van der Waals surface area (Å²) in [6.07, 6.45) is 1.96. The predicted octanol–water partition coefficient (Wildman–Crippen LogP) is 4.88. The van der Waals surface area contributed by atoms with E-state index in [4.69, 9.17) is 11.6 Å². The van der Waals surface area contributed by atoms with Gasteiger partial charge in [-0.05, 0) is 23.8 Å². The van der Waals surface area contributed by atoms with Gasteiger partial charge in [0.15, 0.2) is 4.34 Å². The highest BCUT2D eigenvalue weighted by Gasteiger charge is 2.07. The normalized spacial score (nSPS) is 11.2. The van der Waals surface area contributed by atoms with Crippen molar-refractivity contribution in [1.82, 2.24) is 20.0 Å². The minimum Gasteiger partial charge on any atom is -0.248 e. The molecule has 0 aliphatic carbocycles. The molecule has 0 radical (unpaired) electrons. The van der Waals surface area contributed by atoms with Crippen LogP contribution in [0.25, 0.3) is 10.2 Å². The van der Waals surface area contributed by atoms with E-state index < -0.39 is 0 Å². The lowest BCUT2D eigenvalue weighted by atomic mass is 10.2. The number of para-hydroxylation sites is 1. The molecule has 2 heterocycles. The van der Waals surface area contributed by atoms with Gasteiger partial charge < -0.3 is 0 Å². The summed E-state index contributed by atoms with van der Waals surface area (Å²) in [5, 5.41) is 9.17. The fourth-order valence-corrected chi connectivity index (χ4v) is 4.47. The number of aromatic nitrogens is 4. The quantitative estimate of drug-likeness (QED) is 0.468. The molecule has 0 spiro atoms. The van der Waals surface area contributed by atoms with Gasteiger partial charge in [-0.2, -0.15) is 0 Å². The molecular weight excluding hydrogens is 360 g/mol. The first-order valence-corrected chi connectivity index (χ1v) is 9.57. The second-order valence-corrected chi connectivity index (χ2v) is 7.90. The van der Waals surface area contributed by atoms with Gasteiger partial charge in [0.25, 0.3) is 0 Å². The number of fused-ring (bicyclic) bond motifs is 1. The summed E-state index contributed by atoms with van der Waals surface area (Å²) in [5.74, 6) is 0.752. The molecule has 0 unspecified atom stereocenters. The fraction of sp³-hybridized carbons (Fsp3) is 0.118. The summed E-state index contributed by atoms with van der Waals surface area (Å²) in [6.45, 7) is 0.623. The van der Waals surface area contributed by atoms with Crippen LogP contribution in [-0.4, -0.2) is 20.0 Å². The van der Waals surface area contributed by atoms with Crippen LogP contribution in [-0.2, 0) is 12.3 Å². The molecule has 2 aromatic carbocycles. The Balaban J connectivity index is 1.42. The number of benzene rings is 2. The van der Waals surface area contributed by atoms with Gasteiger partial charge in [0.2, 0.25) is 0 Å². The zero-order valence-corrected chi connectivity index (χ0v) is 15.0. The van der Waals surface area contributed by atoms with E-state index in [0.717, 1.165) is 31.9 Å². The van der Waals surface area contributed by atoms with E-state index in [1.54, 1.807) is 23.1 Å². The third-order valence-corrected chi connectivity index (χ3v) is 6.08. The van der Waals surface area contributed by atoms with E-state index in [-0.39, 0.29) is 0 Å². The van der Waals surface area contributed by atoms with Crippen LogP contribution in [0.4, 0.5) is 0 Å². The van der Waals surface area contributed by atoms with Crippen LogP contribution in [0.3, 0.4) is 0 Å². The number of halogens is 1. The maximum Gasteiger partial charge on any atom is 0.151 e.